The Morgan fingerprint density at radius 3 is 2.74 bits per heavy atom. The van der Waals surface area contributed by atoms with Gasteiger partial charge in [0.1, 0.15) is 17.5 Å². The predicted octanol–water partition coefficient (Wildman–Crippen LogP) is 3.29. The summed E-state index contributed by atoms with van der Waals surface area (Å²) in [7, 11) is 0. The van der Waals surface area contributed by atoms with Crippen molar-refractivity contribution in [1.82, 2.24) is 14.8 Å². The van der Waals surface area contributed by atoms with Gasteiger partial charge in [-0.1, -0.05) is 6.07 Å². The zero-order chi connectivity index (χ0) is 18.8. The monoisotopic (exact) mass is 385 g/mol. The summed E-state index contributed by atoms with van der Waals surface area (Å²) in [6.45, 7) is 8.15. The molecule has 27 heavy (non-hydrogen) atoms. The molecule has 0 aliphatic carbocycles. The largest absolute Gasteiger partial charge is 0.489 e. The fraction of sp³-hybridized carbons (Fsp3) is 0.524. The minimum Gasteiger partial charge on any atom is -0.489 e. The molecule has 4 rings (SSSR count). The third-order valence-corrected chi connectivity index (χ3v) is 6.33. The van der Waals surface area contributed by atoms with E-state index in [-0.39, 0.29) is 12.0 Å². The number of fused-ring (bicyclic) bond motifs is 1. The van der Waals surface area contributed by atoms with Crippen LogP contribution in [0.25, 0.3) is 10.9 Å². The molecule has 0 radical (unpaired) electrons. The summed E-state index contributed by atoms with van der Waals surface area (Å²) in [5, 5.41) is 1.01. The third-order valence-electron chi connectivity index (χ3n) is 5.39. The Labute approximate surface area is 165 Å². The Bertz CT molecular complexity index is 820. The van der Waals surface area contributed by atoms with E-state index in [0.717, 1.165) is 60.8 Å². The van der Waals surface area contributed by atoms with Gasteiger partial charge in [-0.05, 0) is 44.5 Å². The highest BCUT2D eigenvalue weighted by molar-refractivity contribution is 7.99. The molecule has 1 atom stereocenters. The number of rotatable bonds is 4. The number of hydrogen-bond acceptors (Lipinski definition) is 5. The van der Waals surface area contributed by atoms with E-state index >= 15 is 0 Å². The average molecular weight is 386 g/mol. The standard InChI is InChI=1S/C21H27N3O2S/c1-15(2)24-8-7-18(14-24)26-17-4-6-19-16(13-17)3-5-20(22-19)21(25)23-9-11-27-12-10-23/h3-6,13,15,18H,7-12,14H2,1-2H3. The summed E-state index contributed by atoms with van der Waals surface area (Å²) in [5.74, 6) is 2.94. The van der Waals surface area contributed by atoms with Crippen molar-refractivity contribution in [3.05, 3.63) is 36.0 Å². The summed E-state index contributed by atoms with van der Waals surface area (Å²) in [4.78, 5) is 21.6. The first-order chi connectivity index (χ1) is 13.1. The van der Waals surface area contributed by atoms with Crippen LogP contribution in [-0.2, 0) is 0 Å². The molecule has 1 unspecified atom stereocenters. The number of ether oxygens (including phenoxy) is 1. The molecule has 2 saturated heterocycles. The van der Waals surface area contributed by atoms with Gasteiger partial charge in [-0.25, -0.2) is 4.98 Å². The van der Waals surface area contributed by atoms with Crippen molar-refractivity contribution >= 4 is 28.6 Å². The molecule has 0 saturated carbocycles. The Morgan fingerprint density at radius 1 is 1.19 bits per heavy atom. The van der Waals surface area contributed by atoms with Gasteiger partial charge in [-0.3, -0.25) is 9.69 Å². The molecule has 6 heteroatoms. The number of aromatic nitrogens is 1. The maximum absolute atomic E-state index is 12.7. The molecule has 0 N–H and O–H groups in total. The SMILES string of the molecule is CC(C)N1CCC(Oc2ccc3nc(C(=O)N4CCSCC4)ccc3c2)C1. The summed E-state index contributed by atoms with van der Waals surface area (Å²) in [5.41, 5.74) is 1.38. The minimum absolute atomic E-state index is 0.0391. The molecule has 2 fully saturated rings. The van der Waals surface area contributed by atoms with Gasteiger partial charge in [0.25, 0.3) is 5.91 Å². The van der Waals surface area contributed by atoms with Crippen molar-refractivity contribution in [2.75, 3.05) is 37.7 Å². The fourth-order valence-corrected chi connectivity index (χ4v) is 4.64. The molecule has 2 aromatic rings. The first kappa shape index (κ1) is 18.6. The van der Waals surface area contributed by atoms with Gasteiger partial charge in [0.15, 0.2) is 0 Å². The van der Waals surface area contributed by atoms with Crippen LogP contribution < -0.4 is 4.74 Å². The van der Waals surface area contributed by atoms with E-state index in [1.54, 1.807) is 0 Å². The number of carbonyl (C=O) groups excluding carboxylic acids is 1. The fourth-order valence-electron chi connectivity index (χ4n) is 3.74. The second-order valence-corrected chi connectivity index (χ2v) is 8.80. The molecule has 1 aromatic heterocycles. The molecule has 1 amide bonds. The molecular formula is C21H27N3O2S. The van der Waals surface area contributed by atoms with Crippen LogP contribution in [0.4, 0.5) is 0 Å². The van der Waals surface area contributed by atoms with Crippen molar-refractivity contribution in [2.24, 2.45) is 0 Å². The Morgan fingerprint density at radius 2 is 2.00 bits per heavy atom. The second-order valence-electron chi connectivity index (χ2n) is 7.57. The van der Waals surface area contributed by atoms with Crippen molar-refractivity contribution in [3.63, 3.8) is 0 Å². The number of hydrogen-bond donors (Lipinski definition) is 0. The van der Waals surface area contributed by atoms with Crippen LogP contribution in [0.5, 0.6) is 5.75 Å². The third kappa shape index (κ3) is 4.22. The van der Waals surface area contributed by atoms with Gasteiger partial charge in [0, 0.05) is 49.1 Å². The number of likely N-dealkylation sites (tertiary alicyclic amines) is 1. The maximum Gasteiger partial charge on any atom is 0.272 e. The summed E-state index contributed by atoms with van der Waals surface area (Å²) in [6.07, 6.45) is 1.31. The average Bonchev–Trinajstić information content (AvgIpc) is 3.16. The first-order valence-corrected chi connectivity index (χ1v) is 10.9. The normalized spacial score (nSPS) is 21.1. The van der Waals surface area contributed by atoms with E-state index < -0.39 is 0 Å². The molecular weight excluding hydrogens is 358 g/mol. The van der Waals surface area contributed by atoms with E-state index in [1.165, 1.54) is 0 Å². The van der Waals surface area contributed by atoms with Gasteiger partial charge in [0.2, 0.25) is 0 Å². The van der Waals surface area contributed by atoms with Gasteiger partial charge in [0.05, 0.1) is 5.52 Å². The van der Waals surface area contributed by atoms with Crippen LogP contribution in [0.3, 0.4) is 0 Å². The lowest BCUT2D eigenvalue weighted by atomic mass is 10.2. The summed E-state index contributed by atoms with van der Waals surface area (Å²) < 4.78 is 6.19. The second kappa shape index (κ2) is 8.07. The Hall–Kier alpha value is -1.79. The van der Waals surface area contributed by atoms with E-state index in [2.05, 4.69) is 23.7 Å². The Kier molecular flexibility index (Phi) is 5.55. The Balaban J connectivity index is 1.46. The van der Waals surface area contributed by atoms with Crippen molar-refractivity contribution < 1.29 is 9.53 Å². The maximum atomic E-state index is 12.7. The summed E-state index contributed by atoms with van der Waals surface area (Å²) >= 11 is 1.90. The molecule has 5 nitrogen and oxygen atoms in total. The van der Waals surface area contributed by atoms with Crippen LogP contribution in [0.15, 0.2) is 30.3 Å². The van der Waals surface area contributed by atoms with Crippen molar-refractivity contribution in [3.8, 4) is 5.75 Å². The molecule has 144 valence electrons. The smallest absolute Gasteiger partial charge is 0.272 e. The van der Waals surface area contributed by atoms with E-state index in [9.17, 15) is 4.79 Å². The van der Waals surface area contributed by atoms with Gasteiger partial charge < -0.3 is 9.64 Å². The molecule has 1 aromatic carbocycles. The van der Waals surface area contributed by atoms with Crippen LogP contribution in [0, 0.1) is 0 Å². The van der Waals surface area contributed by atoms with Gasteiger partial charge in [-0.15, -0.1) is 0 Å². The van der Waals surface area contributed by atoms with Crippen LogP contribution >= 0.6 is 11.8 Å². The number of nitrogens with zero attached hydrogens (tertiary/aromatic N) is 3. The van der Waals surface area contributed by atoms with E-state index in [1.807, 2.05) is 47.0 Å². The lowest BCUT2D eigenvalue weighted by molar-refractivity contribution is 0.0767. The summed E-state index contributed by atoms with van der Waals surface area (Å²) in [6, 6.07) is 10.4. The molecule has 2 aliphatic rings. The molecule has 2 aliphatic heterocycles. The lowest BCUT2D eigenvalue weighted by Gasteiger charge is -2.26. The van der Waals surface area contributed by atoms with Gasteiger partial charge in [-0.2, -0.15) is 11.8 Å². The molecule has 0 spiro atoms. The molecule has 3 heterocycles. The zero-order valence-electron chi connectivity index (χ0n) is 16.1. The highest BCUT2D eigenvalue weighted by Gasteiger charge is 2.25. The number of thioether (sulfide) groups is 1. The first-order valence-electron chi connectivity index (χ1n) is 9.79. The highest BCUT2D eigenvalue weighted by Crippen LogP contribution is 2.24. The number of amides is 1. The zero-order valence-corrected chi connectivity index (χ0v) is 16.9. The minimum atomic E-state index is 0.0391. The van der Waals surface area contributed by atoms with Crippen molar-refractivity contribution in [2.45, 2.75) is 32.4 Å². The number of pyridine rings is 1. The van der Waals surface area contributed by atoms with E-state index in [0.29, 0.717) is 11.7 Å². The van der Waals surface area contributed by atoms with E-state index in [4.69, 9.17) is 4.74 Å². The van der Waals surface area contributed by atoms with Crippen LogP contribution in [0.1, 0.15) is 30.8 Å². The number of carbonyl (C=O) groups is 1. The lowest BCUT2D eigenvalue weighted by Crippen LogP contribution is -2.38. The quantitative estimate of drug-likeness (QED) is 0.808. The van der Waals surface area contributed by atoms with Crippen LogP contribution in [-0.4, -0.2) is 70.5 Å². The van der Waals surface area contributed by atoms with Gasteiger partial charge >= 0.3 is 0 Å². The van der Waals surface area contributed by atoms with Crippen LogP contribution in [0.2, 0.25) is 0 Å². The highest BCUT2D eigenvalue weighted by atomic mass is 32.2. The number of benzene rings is 1. The van der Waals surface area contributed by atoms with Crippen molar-refractivity contribution in [1.29, 1.82) is 0 Å². The molecule has 0 bridgehead atoms. The predicted molar refractivity (Wildman–Crippen MR) is 111 cm³/mol. The topological polar surface area (TPSA) is 45.7 Å².